The van der Waals surface area contributed by atoms with Gasteiger partial charge in [0.2, 0.25) is 5.13 Å². The largest absolute Gasteiger partial charge is 0.468 e. The van der Waals surface area contributed by atoms with Gasteiger partial charge in [-0.05, 0) is 6.92 Å². The number of hydrogen-bond donors (Lipinski definition) is 0. The molecule has 0 amide bonds. The minimum Gasteiger partial charge on any atom is -0.468 e. The molecule has 18 heavy (non-hydrogen) atoms. The zero-order chi connectivity index (χ0) is 12.8. The first-order chi connectivity index (χ1) is 8.65. The lowest BCUT2D eigenvalue weighted by Gasteiger charge is -2.23. The maximum atomic E-state index is 12.0. The number of esters is 1. The van der Waals surface area contributed by atoms with E-state index in [0.717, 1.165) is 17.5 Å². The summed E-state index contributed by atoms with van der Waals surface area (Å²) in [6.07, 6.45) is 0. The molecule has 0 aromatic carbocycles. The molecule has 0 radical (unpaired) electrons. The van der Waals surface area contributed by atoms with Crippen molar-refractivity contribution in [2.24, 2.45) is 11.3 Å². The zero-order valence-corrected chi connectivity index (χ0v) is 11.2. The Morgan fingerprint density at radius 2 is 2.50 bits per heavy atom. The Bertz CT molecular complexity index is 478. The highest BCUT2D eigenvalue weighted by Crippen LogP contribution is 2.43. The third kappa shape index (κ3) is 1.61. The maximum Gasteiger partial charge on any atom is 0.316 e. The van der Waals surface area contributed by atoms with Gasteiger partial charge in [-0.3, -0.25) is 4.79 Å². The van der Waals surface area contributed by atoms with E-state index in [1.807, 2.05) is 6.92 Å². The molecule has 0 unspecified atom stereocenters. The van der Waals surface area contributed by atoms with Crippen molar-refractivity contribution in [3.63, 3.8) is 0 Å². The number of carbonyl (C=O) groups excluding carboxylic acids is 1. The molecule has 0 bridgehead atoms. The molecule has 1 aromatic rings. The molecular weight excluding hydrogens is 254 g/mol. The lowest BCUT2D eigenvalue weighted by molar-refractivity contribution is -0.152. The van der Waals surface area contributed by atoms with Gasteiger partial charge in [-0.2, -0.15) is 4.37 Å². The third-order valence-electron chi connectivity index (χ3n) is 3.75. The molecule has 0 spiro atoms. The second-order valence-electron chi connectivity index (χ2n) is 4.86. The van der Waals surface area contributed by atoms with Gasteiger partial charge in [0.1, 0.15) is 11.2 Å². The summed E-state index contributed by atoms with van der Waals surface area (Å²) in [7, 11) is 1.43. The van der Waals surface area contributed by atoms with Crippen molar-refractivity contribution in [1.82, 2.24) is 9.36 Å². The monoisotopic (exact) mass is 269 g/mol. The fraction of sp³-hybridized carbons (Fsp3) is 0.727. The molecule has 0 saturated carbocycles. The quantitative estimate of drug-likeness (QED) is 0.727. The number of aryl methyl sites for hydroxylation is 1. The van der Waals surface area contributed by atoms with Crippen molar-refractivity contribution in [1.29, 1.82) is 0 Å². The Hall–Kier alpha value is -1.21. The van der Waals surface area contributed by atoms with E-state index in [4.69, 9.17) is 9.47 Å². The predicted octanol–water partition coefficient (Wildman–Crippen LogP) is 0.472. The van der Waals surface area contributed by atoms with Crippen LogP contribution in [-0.2, 0) is 14.3 Å². The van der Waals surface area contributed by atoms with Crippen LogP contribution < -0.4 is 4.90 Å². The number of anilines is 1. The van der Waals surface area contributed by atoms with Crippen LogP contribution in [-0.4, -0.2) is 48.7 Å². The Kier molecular flexibility index (Phi) is 2.74. The molecule has 3 rings (SSSR count). The first kappa shape index (κ1) is 11.9. The van der Waals surface area contributed by atoms with Crippen molar-refractivity contribution in [2.45, 2.75) is 6.92 Å². The molecule has 2 atom stereocenters. The van der Waals surface area contributed by atoms with Gasteiger partial charge in [-0.25, -0.2) is 4.98 Å². The average Bonchev–Trinajstić information content (AvgIpc) is 3.00. The lowest BCUT2D eigenvalue weighted by Crippen LogP contribution is -2.40. The van der Waals surface area contributed by atoms with Crippen LogP contribution >= 0.6 is 11.5 Å². The van der Waals surface area contributed by atoms with E-state index < -0.39 is 5.41 Å². The summed E-state index contributed by atoms with van der Waals surface area (Å²) < 4.78 is 14.6. The molecule has 2 fully saturated rings. The van der Waals surface area contributed by atoms with E-state index in [1.165, 1.54) is 18.6 Å². The summed E-state index contributed by atoms with van der Waals surface area (Å²) in [5, 5.41) is 0.880. The van der Waals surface area contributed by atoms with E-state index >= 15 is 0 Å². The Labute approximate surface area is 109 Å². The van der Waals surface area contributed by atoms with Crippen LogP contribution in [0.5, 0.6) is 0 Å². The molecular formula is C11H15N3O3S. The number of methoxy groups -OCH3 is 1. The van der Waals surface area contributed by atoms with Gasteiger partial charge in [0, 0.05) is 30.5 Å². The van der Waals surface area contributed by atoms with E-state index in [0.29, 0.717) is 19.8 Å². The minimum atomic E-state index is -0.520. The molecule has 6 nitrogen and oxygen atoms in total. The van der Waals surface area contributed by atoms with Crippen molar-refractivity contribution in [3.8, 4) is 0 Å². The number of carbonyl (C=O) groups is 1. The fourth-order valence-corrected chi connectivity index (χ4v) is 3.47. The van der Waals surface area contributed by atoms with Gasteiger partial charge in [-0.15, -0.1) is 0 Å². The molecule has 0 N–H and O–H groups in total. The number of fused-ring (bicyclic) bond motifs is 1. The van der Waals surface area contributed by atoms with Crippen molar-refractivity contribution in [3.05, 3.63) is 5.82 Å². The summed E-state index contributed by atoms with van der Waals surface area (Å²) in [5.41, 5.74) is -0.520. The van der Waals surface area contributed by atoms with Crippen LogP contribution in [0.1, 0.15) is 5.82 Å². The number of rotatable bonds is 2. The number of ether oxygens (including phenoxy) is 2. The van der Waals surface area contributed by atoms with Crippen molar-refractivity contribution in [2.75, 3.05) is 38.3 Å². The van der Waals surface area contributed by atoms with Crippen LogP contribution in [0.2, 0.25) is 0 Å². The molecule has 2 aliphatic heterocycles. The third-order valence-corrected chi connectivity index (χ3v) is 4.62. The van der Waals surface area contributed by atoms with Gasteiger partial charge < -0.3 is 14.4 Å². The molecule has 3 heterocycles. The highest BCUT2D eigenvalue weighted by atomic mass is 32.1. The summed E-state index contributed by atoms with van der Waals surface area (Å²) in [6.45, 7) is 4.32. The lowest BCUT2D eigenvalue weighted by atomic mass is 9.81. The minimum absolute atomic E-state index is 0.172. The first-order valence-corrected chi connectivity index (χ1v) is 6.64. The summed E-state index contributed by atoms with van der Waals surface area (Å²) in [4.78, 5) is 18.5. The van der Waals surface area contributed by atoms with Crippen LogP contribution in [0.3, 0.4) is 0 Å². The SMILES string of the molecule is COC(=O)[C@@]12COC[C@@H]1CN(c1nc(C)ns1)C2. The Morgan fingerprint density at radius 3 is 3.17 bits per heavy atom. The van der Waals surface area contributed by atoms with Gasteiger partial charge in [0.05, 0.1) is 20.3 Å². The van der Waals surface area contributed by atoms with Crippen LogP contribution in [0.25, 0.3) is 0 Å². The van der Waals surface area contributed by atoms with Crippen molar-refractivity contribution >= 4 is 22.6 Å². The van der Waals surface area contributed by atoms with Crippen LogP contribution in [0, 0.1) is 18.3 Å². The zero-order valence-electron chi connectivity index (χ0n) is 10.4. The van der Waals surface area contributed by atoms with E-state index in [-0.39, 0.29) is 11.9 Å². The van der Waals surface area contributed by atoms with E-state index in [1.54, 1.807) is 0 Å². The normalized spacial score (nSPS) is 30.6. The van der Waals surface area contributed by atoms with E-state index in [2.05, 4.69) is 14.3 Å². The average molecular weight is 269 g/mol. The highest BCUT2D eigenvalue weighted by Gasteiger charge is 2.57. The Balaban J connectivity index is 1.86. The predicted molar refractivity (Wildman–Crippen MR) is 65.6 cm³/mol. The molecule has 2 aliphatic rings. The van der Waals surface area contributed by atoms with Gasteiger partial charge in [-0.1, -0.05) is 0 Å². The molecule has 7 heteroatoms. The summed E-state index contributed by atoms with van der Waals surface area (Å²) >= 11 is 1.38. The smallest absolute Gasteiger partial charge is 0.316 e. The standard InChI is InChI=1S/C11H15N3O3S/c1-7-12-10(18-13-7)14-3-8-4-17-6-11(8,5-14)9(15)16-2/h8H,3-6H2,1-2H3/t8-,11-/m0/s1. The number of nitrogens with zero attached hydrogens (tertiary/aromatic N) is 3. The second kappa shape index (κ2) is 4.17. The molecule has 2 saturated heterocycles. The molecule has 98 valence electrons. The summed E-state index contributed by atoms with van der Waals surface area (Å²) in [5.74, 6) is 0.790. The topological polar surface area (TPSA) is 64.6 Å². The molecule has 0 aliphatic carbocycles. The van der Waals surface area contributed by atoms with Crippen LogP contribution in [0.4, 0.5) is 5.13 Å². The summed E-state index contributed by atoms with van der Waals surface area (Å²) in [6, 6.07) is 0. The highest BCUT2D eigenvalue weighted by molar-refractivity contribution is 7.09. The van der Waals surface area contributed by atoms with Crippen molar-refractivity contribution < 1.29 is 14.3 Å². The molecule has 1 aromatic heterocycles. The number of aromatic nitrogens is 2. The first-order valence-electron chi connectivity index (χ1n) is 5.87. The van der Waals surface area contributed by atoms with Gasteiger partial charge >= 0.3 is 5.97 Å². The Morgan fingerprint density at radius 1 is 1.67 bits per heavy atom. The maximum absolute atomic E-state index is 12.0. The van der Waals surface area contributed by atoms with Gasteiger partial charge in [0.25, 0.3) is 0 Å². The second-order valence-corrected chi connectivity index (χ2v) is 5.59. The fourth-order valence-electron chi connectivity index (χ4n) is 2.79. The van der Waals surface area contributed by atoms with Gasteiger partial charge in [0.15, 0.2) is 0 Å². The van der Waals surface area contributed by atoms with Crippen LogP contribution in [0.15, 0.2) is 0 Å². The van der Waals surface area contributed by atoms with E-state index in [9.17, 15) is 4.79 Å². The number of hydrogen-bond acceptors (Lipinski definition) is 7.